The van der Waals surface area contributed by atoms with Crippen molar-refractivity contribution in [1.29, 1.82) is 0 Å². The summed E-state index contributed by atoms with van der Waals surface area (Å²) in [5, 5.41) is 11.3. The Balaban J connectivity index is 2.03. The van der Waals surface area contributed by atoms with Crippen LogP contribution in [0.5, 0.6) is 0 Å². The summed E-state index contributed by atoms with van der Waals surface area (Å²) in [6.07, 6.45) is -1.37. The molecule has 1 aliphatic rings. The summed E-state index contributed by atoms with van der Waals surface area (Å²) >= 11 is 0. The Hall–Kier alpha value is -2.53. The number of hydrogen-bond acceptors (Lipinski definition) is 3. The topological polar surface area (TPSA) is 55.8 Å². The van der Waals surface area contributed by atoms with Crippen LogP contribution in [0.1, 0.15) is 17.3 Å². The van der Waals surface area contributed by atoms with Gasteiger partial charge in [0, 0.05) is 13.6 Å². The van der Waals surface area contributed by atoms with Gasteiger partial charge in [-0.2, -0.15) is 0 Å². The number of hydrogen-bond donors (Lipinski definition) is 2. The van der Waals surface area contributed by atoms with Crippen LogP contribution >= 0.6 is 0 Å². The Morgan fingerprint density at radius 1 is 1.19 bits per heavy atom. The largest absolute Gasteiger partial charge is 0.465 e. The van der Waals surface area contributed by atoms with Gasteiger partial charge in [-0.3, -0.25) is 9.91 Å². The Morgan fingerprint density at radius 3 is 2.57 bits per heavy atom. The minimum Gasteiger partial charge on any atom is -0.465 e. The zero-order valence-corrected chi connectivity index (χ0v) is 11.7. The van der Waals surface area contributed by atoms with E-state index < -0.39 is 12.3 Å². The monoisotopic (exact) mass is 283 g/mol. The van der Waals surface area contributed by atoms with Crippen LogP contribution in [0.15, 0.2) is 54.6 Å². The van der Waals surface area contributed by atoms with Crippen molar-refractivity contribution in [3.05, 3.63) is 65.7 Å². The summed E-state index contributed by atoms with van der Waals surface area (Å²) in [6.45, 7) is 0.701. The predicted octanol–water partition coefficient (Wildman–Crippen LogP) is 2.82. The molecule has 1 heterocycles. The summed E-state index contributed by atoms with van der Waals surface area (Å²) in [7, 11) is 1.59. The summed E-state index contributed by atoms with van der Waals surface area (Å²) in [5.41, 5.74) is 6.38. The van der Waals surface area contributed by atoms with E-state index in [1.807, 2.05) is 59.6 Å². The number of hydrazine groups is 1. The van der Waals surface area contributed by atoms with Gasteiger partial charge in [0.25, 0.3) is 0 Å². The molecule has 2 N–H and O–H groups in total. The number of anilines is 1. The Labute approximate surface area is 123 Å². The molecule has 3 rings (SSSR count). The SMILES string of the molecule is CN(C(=O)O)C(c1ccccc1)N1NCc2ccccc21. The summed E-state index contributed by atoms with van der Waals surface area (Å²) < 4.78 is 0. The summed E-state index contributed by atoms with van der Waals surface area (Å²) in [6, 6.07) is 17.6. The lowest BCUT2D eigenvalue weighted by Crippen LogP contribution is -2.46. The number of para-hydroxylation sites is 1. The molecule has 0 saturated carbocycles. The van der Waals surface area contributed by atoms with Crippen LogP contribution in [0.4, 0.5) is 10.5 Å². The maximum atomic E-state index is 11.5. The van der Waals surface area contributed by atoms with Crippen molar-refractivity contribution in [1.82, 2.24) is 10.3 Å². The molecular formula is C16H17N3O2. The lowest BCUT2D eigenvalue weighted by atomic mass is 10.1. The quantitative estimate of drug-likeness (QED) is 0.909. The number of nitrogens with one attached hydrogen (secondary N) is 1. The van der Waals surface area contributed by atoms with E-state index in [0.717, 1.165) is 16.8 Å². The second kappa shape index (κ2) is 5.46. The zero-order valence-electron chi connectivity index (χ0n) is 11.7. The van der Waals surface area contributed by atoms with Crippen LogP contribution in [0.3, 0.4) is 0 Å². The molecule has 5 heteroatoms. The van der Waals surface area contributed by atoms with E-state index in [4.69, 9.17) is 0 Å². The third kappa shape index (κ3) is 2.43. The van der Waals surface area contributed by atoms with Gasteiger partial charge in [-0.1, -0.05) is 48.5 Å². The van der Waals surface area contributed by atoms with Crippen molar-refractivity contribution < 1.29 is 9.90 Å². The van der Waals surface area contributed by atoms with E-state index in [-0.39, 0.29) is 0 Å². The predicted molar refractivity (Wildman–Crippen MR) is 80.7 cm³/mol. The molecule has 1 unspecified atom stereocenters. The number of rotatable bonds is 3. The first-order valence-electron chi connectivity index (χ1n) is 6.80. The van der Waals surface area contributed by atoms with Gasteiger partial charge < -0.3 is 5.11 Å². The zero-order chi connectivity index (χ0) is 14.8. The smallest absolute Gasteiger partial charge is 0.409 e. The maximum Gasteiger partial charge on any atom is 0.409 e. The van der Waals surface area contributed by atoms with Gasteiger partial charge in [-0.05, 0) is 17.2 Å². The van der Waals surface area contributed by atoms with Gasteiger partial charge >= 0.3 is 6.09 Å². The highest BCUT2D eigenvalue weighted by molar-refractivity contribution is 5.67. The van der Waals surface area contributed by atoms with Crippen LogP contribution in [-0.2, 0) is 6.54 Å². The van der Waals surface area contributed by atoms with Crippen LogP contribution in [-0.4, -0.2) is 23.1 Å². The van der Waals surface area contributed by atoms with Crippen molar-refractivity contribution in [2.24, 2.45) is 0 Å². The standard InChI is InChI=1S/C16H17N3O2/c1-18(16(20)21)15(12-7-3-2-4-8-12)19-14-10-6-5-9-13(14)11-17-19/h2-10,15,17H,11H2,1H3,(H,20,21). The number of fused-ring (bicyclic) bond motifs is 1. The molecule has 1 atom stereocenters. The van der Waals surface area contributed by atoms with E-state index in [9.17, 15) is 9.90 Å². The van der Waals surface area contributed by atoms with Crippen LogP contribution in [0.25, 0.3) is 0 Å². The molecule has 5 nitrogen and oxygen atoms in total. The van der Waals surface area contributed by atoms with Gasteiger partial charge in [-0.25, -0.2) is 10.2 Å². The van der Waals surface area contributed by atoms with Gasteiger partial charge in [0.15, 0.2) is 0 Å². The van der Waals surface area contributed by atoms with E-state index in [0.29, 0.717) is 6.54 Å². The minimum absolute atomic E-state index is 0.410. The third-order valence-electron chi connectivity index (χ3n) is 3.70. The fraction of sp³-hybridized carbons (Fsp3) is 0.188. The van der Waals surface area contributed by atoms with Crippen molar-refractivity contribution in [2.45, 2.75) is 12.7 Å². The lowest BCUT2D eigenvalue weighted by molar-refractivity contribution is 0.134. The highest BCUT2D eigenvalue weighted by Crippen LogP contribution is 2.33. The summed E-state index contributed by atoms with van der Waals surface area (Å²) in [4.78, 5) is 12.8. The van der Waals surface area contributed by atoms with Crippen LogP contribution in [0.2, 0.25) is 0 Å². The number of amides is 1. The fourth-order valence-electron chi connectivity index (χ4n) is 2.64. The molecule has 2 aromatic rings. The van der Waals surface area contributed by atoms with E-state index in [1.165, 1.54) is 4.90 Å². The van der Waals surface area contributed by atoms with E-state index in [1.54, 1.807) is 7.05 Å². The molecule has 2 aromatic carbocycles. The van der Waals surface area contributed by atoms with Crippen molar-refractivity contribution in [3.8, 4) is 0 Å². The van der Waals surface area contributed by atoms with Crippen molar-refractivity contribution in [2.75, 3.05) is 12.1 Å². The van der Waals surface area contributed by atoms with Crippen LogP contribution in [0, 0.1) is 0 Å². The van der Waals surface area contributed by atoms with E-state index >= 15 is 0 Å². The first-order chi connectivity index (χ1) is 10.2. The lowest BCUT2D eigenvalue weighted by Gasteiger charge is -2.35. The number of nitrogens with zero attached hydrogens (tertiary/aromatic N) is 2. The van der Waals surface area contributed by atoms with Gasteiger partial charge in [0.1, 0.15) is 6.17 Å². The summed E-state index contributed by atoms with van der Waals surface area (Å²) in [5.74, 6) is 0. The second-order valence-corrected chi connectivity index (χ2v) is 5.01. The normalized spacial score (nSPS) is 14.6. The Bertz CT molecular complexity index is 645. The first-order valence-corrected chi connectivity index (χ1v) is 6.80. The second-order valence-electron chi connectivity index (χ2n) is 5.01. The van der Waals surface area contributed by atoms with Gasteiger partial charge in [0.05, 0.1) is 5.69 Å². The third-order valence-corrected chi connectivity index (χ3v) is 3.70. The highest BCUT2D eigenvalue weighted by Gasteiger charge is 2.32. The average molecular weight is 283 g/mol. The molecule has 0 spiro atoms. The van der Waals surface area contributed by atoms with Gasteiger partial charge in [0.2, 0.25) is 0 Å². The number of benzene rings is 2. The minimum atomic E-state index is -0.963. The molecule has 1 amide bonds. The highest BCUT2D eigenvalue weighted by atomic mass is 16.4. The molecule has 108 valence electrons. The van der Waals surface area contributed by atoms with E-state index in [2.05, 4.69) is 5.43 Å². The maximum absolute atomic E-state index is 11.5. The first kappa shape index (κ1) is 13.5. The molecule has 0 radical (unpaired) electrons. The van der Waals surface area contributed by atoms with Crippen molar-refractivity contribution in [3.63, 3.8) is 0 Å². The molecule has 0 aliphatic carbocycles. The molecule has 0 saturated heterocycles. The fourth-order valence-corrected chi connectivity index (χ4v) is 2.64. The Morgan fingerprint density at radius 2 is 1.86 bits per heavy atom. The molecule has 0 fully saturated rings. The molecular weight excluding hydrogens is 266 g/mol. The number of carboxylic acid groups (broad SMARTS) is 1. The Kier molecular flexibility index (Phi) is 3.50. The molecule has 0 aromatic heterocycles. The number of carbonyl (C=O) groups is 1. The van der Waals surface area contributed by atoms with Crippen LogP contribution < -0.4 is 10.4 Å². The van der Waals surface area contributed by atoms with Gasteiger partial charge in [-0.15, -0.1) is 0 Å². The molecule has 0 bridgehead atoms. The average Bonchev–Trinajstić information content (AvgIpc) is 2.93. The molecule has 1 aliphatic heterocycles. The molecule has 21 heavy (non-hydrogen) atoms. The van der Waals surface area contributed by atoms with Crippen molar-refractivity contribution >= 4 is 11.8 Å².